The van der Waals surface area contributed by atoms with Gasteiger partial charge in [-0.2, -0.15) is 0 Å². The highest BCUT2D eigenvalue weighted by molar-refractivity contribution is 7.98. The summed E-state index contributed by atoms with van der Waals surface area (Å²) in [5.41, 5.74) is 6.77. The van der Waals surface area contributed by atoms with E-state index in [2.05, 4.69) is 62.9 Å². The molecule has 1 aromatic carbocycles. The van der Waals surface area contributed by atoms with Crippen molar-refractivity contribution in [1.82, 2.24) is 24.8 Å². The Labute approximate surface area is 292 Å². The first-order chi connectivity index (χ1) is 23.4. The molecule has 3 aliphatic rings. The molecule has 7 rings (SSSR count). The molecule has 9 nitrogen and oxygen atoms in total. The van der Waals surface area contributed by atoms with Crippen LogP contribution in [0.1, 0.15) is 66.9 Å². The van der Waals surface area contributed by atoms with Crippen molar-refractivity contribution >= 4 is 53.4 Å². The van der Waals surface area contributed by atoms with Gasteiger partial charge in [-0.1, -0.05) is 71.4 Å². The van der Waals surface area contributed by atoms with Gasteiger partial charge in [0.1, 0.15) is 36.6 Å². The predicted molar refractivity (Wildman–Crippen MR) is 196 cm³/mol. The molecule has 1 amide bonds. The van der Waals surface area contributed by atoms with Crippen molar-refractivity contribution in [3.05, 3.63) is 42.0 Å². The van der Waals surface area contributed by atoms with Crippen molar-refractivity contribution in [2.45, 2.75) is 107 Å². The second-order valence-electron chi connectivity index (χ2n) is 14.5. The molecule has 49 heavy (non-hydrogen) atoms. The number of carboxylic acid groups (broad SMARTS) is 1. The van der Waals surface area contributed by atoms with Gasteiger partial charge in [-0.05, 0) is 48.7 Å². The van der Waals surface area contributed by atoms with E-state index in [0.717, 1.165) is 29.2 Å². The Morgan fingerprint density at radius 3 is 2.47 bits per heavy atom. The van der Waals surface area contributed by atoms with Gasteiger partial charge in [-0.15, -0.1) is 5.54 Å². The van der Waals surface area contributed by atoms with E-state index in [1.165, 1.54) is 11.8 Å². The first-order valence-corrected chi connectivity index (χ1v) is 20.6. The van der Waals surface area contributed by atoms with E-state index in [-0.39, 0.29) is 35.2 Å². The van der Waals surface area contributed by atoms with Gasteiger partial charge in [0.15, 0.2) is 11.0 Å². The average Bonchev–Trinajstić information content (AvgIpc) is 3.32. The number of fused-ring (bicyclic) bond motifs is 6. The highest BCUT2D eigenvalue weighted by Gasteiger charge is 2.53. The zero-order valence-corrected chi connectivity index (χ0v) is 31.1. The number of amides is 1. The zero-order valence-electron chi connectivity index (χ0n) is 29.3. The van der Waals surface area contributed by atoms with Gasteiger partial charge in [-0.3, -0.25) is 9.88 Å². The quantitative estimate of drug-likeness (QED) is 0.0957. The summed E-state index contributed by atoms with van der Waals surface area (Å²) in [4.78, 5) is 35.0. The molecule has 1 N–H and O–H groups in total. The van der Waals surface area contributed by atoms with Crippen LogP contribution < -0.4 is 9.64 Å². The van der Waals surface area contributed by atoms with Crippen LogP contribution in [0.3, 0.4) is 0 Å². The molecule has 0 aliphatic carbocycles. The number of carbonyl (C=O) groups is 1. The van der Waals surface area contributed by atoms with E-state index in [1.807, 2.05) is 31.4 Å². The molecule has 4 aromatic rings. The highest BCUT2D eigenvalue weighted by atomic mass is 32.2. The normalized spacial score (nSPS) is 21.6. The minimum absolute atomic E-state index is 0.0902. The van der Waals surface area contributed by atoms with Crippen LogP contribution in [-0.4, -0.2) is 81.1 Å². The monoisotopic (exact) mass is 698 g/mol. The van der Waals surface area contributed by atoms with Crippen LogP contribution in [0.5, 0.6) is 5.88 Å². The average molecular weight is 699 g/mol. The number of anilines is 1. The van der Waals surface area contributed by atoms with Crippen molar-refractivity contribution in [3.63, 3.8) is 0 Å². The summed E-state index contributed by atoms with van der Waals surface area (Å²) in [5, 5.41) is 12.6. The van der Waals surface area contributed by atoms with Crippen LogP contribution in [0, 0.1) is 17.3 Å². The van der Waals surface area contributed by atoms with E-state index < -0.39 is 26.1 Å². The molecule has 0 saturated carbocycles. The largest absolute Gasteiger partial charge is 0.472 e. The number of hydrogen-bond donors (Lipinski definition) is 1. The summed E-state index contributed by atoms with van der Waals surface area (Å²) in [6.45, 7) is 16.1. The molecule has 0 spiro atoms. The molecule has 4 atom stereocenters. The maximum atomic E-state index is 17.2. The molecular weight excluding hydrogens is 656 g/mol. The molecule has 0 radical (unpaired) electrons. The number of nitrogens with zero attached hydrogens (tertiary/aromatic N) is 6. The van der Waals surface area contributed by atoms with Gasteiger partial charge in [0.2, 0.25) is 5.88 Å². The van der Waals surface area contributed by atoms with Crippen LogP contribution in [0.4, 0.5) is 15.0 Å². The number of ether oxygens (including phenoxy) is 1. The minimum Gasteiger partial charge on any atom is -0.472 e. The van der Waals surface area contributed by atoms with Crippen molar-refractivity contribution in [2.24, 2.45) is 0 Å². The van der Waals surface area contributed by atoms with Crippen LogP contribution in [0.2, 0.25) is 16.6 Å². The zero-order chi connectivity index (χ0) is 34.9. The SMILES string of the molecule is CSc1nc2c3c(nc(-c4cncc5cccc(C#C[Si](C(C)C)(C(C)C)C(C)C)c45)c(F)c3n1)OC(C)C1C3CCC(CN21)N3C(=O)O. The molecule has 12 heteroatoms. The maximum Gasteiger partial charge on any atom is 0.407 e. The second kappa shape index (κ2) is 12.4. The lowest BCUT2D eigenvalue weighted by molar-refractivity contribution is 0.0707. The number of rotatable bonds is 5. The number of hydrogen-bond acceptors (Lipinski definition) is 8. The van der Waals surface area contributed by atoms with Crippen LogP contribution in [0.15, 0.2) is 35.7 Å². The molecule has 3 aromatic heterocycles. The van der Waals surface area contributed by atoms with E-state index in [4.69, 9.17) is 19.7 Å². The summed E-state index contributed by atoms with van der Waals surface area (Å²) in [6.07, 6.45) is 5.39. The van der Waals surface area contributed by atoms with Crippen molar-refractivity contribution in [2.75, 3.05) is 17.7 Å². The summed E-state index contributed by atoms with van der Waals surface area (Å²) >= 11 is 1.34. The molecule has 2 saturated heterocycles. The molecule has 3 aliphatic heterocycles. The first-order valence-electron chi connectivity index (χ1n) is 17.2. The standard InChI is InChI=1S/C37H43FN6O3SSi/c1-19(2)49(20(3)4,21(5)6)15-14-23-10-9-11-24-16-39-17-26(28(23)24)31-30(38)32-29-34(42-36(41-32)48-8)43-18-25-12-13-27(44(25)37(45)46)33(43)22(7)47-35(29)40-31/h9-11,16-17,19-22,25,27,33H,12-13,18H2,1-8H3,(H,45,46). The van der Waals surface area contributed by atoms with Gasteiger partial charge in [-0.25, -0.2) is 24.1 Å². The van der Waals surface area contributed by atoms with Gasteiger partial charge in [0.25, 0.3) is 0 Å². The third-order valence-electron chi connectivity index (χ3n) is 11.2. The lowest BCUT2D eigenvalue weighted by Crippen LogP contribution is -2.64. The minimum atomic E-state index is -2.06. The number of thioether (sulfide) groups is 1. The number of benzene rings is 1. The van der Waals surface area contributed by atoms with Crippen molar-refractivity contribution in [3.8, 4) is 28.6 Å². The summed E-state index contributed by atoms with van der Waals surface area (Å²) in [6, 6.07) is 5.15. The molecular formula is C37H43FN6O3SSi. The summed E-state index contributed by atoms with van der Waals surface area (Å²) in [5.74, 6) is 3.80. The van der Waals surface area contributed by atoms with E-state index in [9.17, 15) is 9.90 Å². The lowest BCUT2D eigenvalue weighted by atomic mass is 9.98. The van der Waals surface area contributed by atoms with Crippen LogP contribution in [0.25, 0.3) is 32.9 Å². The smallest absolute Gasteiger partial charge is 0.407 e. The molecule has 2 bridgehead atoms. The number of piperazine rings is 1. The van der Waals surface area contributed by atoms with Crippen LogP contribution >= 0.6 is 11.8 Å². The second-order valence-corrected chi connectivity index (χ2v) is 20.9. The number of aromatic nitrogens is 4. The first kappa shape index (κ1) is 33.5. The molecule has 2 fully saturated rings. The Balaban J connectivity index is 1.46. The number of halogens is 1. The lowest BCUT2D eigenvalue weighted by Gasteiger charge is -2.47. The fourth-order valence-electron chi connectivity index (χ4n) is 9.11. The van der Waals surface area contributed by atoms with Gasteiger partial charge < -0.3 is 14.7 Å². The van der Waals surface area contributed by atoms with E-state index >= 15 is 4.39 Å². The Kier molecular flexibility index (Phi) is 8.51. The molecule has 256 valence electrons. The van der Waals surface area contributed by atoms with Crippen LogP contribution in [-0.2, 0) is 0 Å². The fourth-order valence-corrected chi connectivity index (χ4v) is 14.7. The number of pyridine rings is 2. The third kappa shape index (κ3) is 5.14. The molecule has 6 heterocycles. The van der Waals surface area contributed by atoms with Gasteiger partial charge >= 0.3 is 6.09 Å². The summed E-state index contributed by atoms with van der Waals surface area (Å²) in [7, 11) is -2.06. The fraction of sp³-hybridized carbons (Fsp3) is 0.486. The Bertz CT molecular complexity index is 2020. The van der Waals surface area contributed by atoms with Crippen molar-refractivity contribution in [1.29, 1.82) is 0 Å². The topological polar surface area (TPSA) is 105 Å². The van der Waals surface area contributed by atoms with E-state index in [0.29, 0.717) is 45.1 Å². The predicted octanol–water partition coefficient (Wildman–Crippen LogP) is 8.15. The highest BCUT2D eigenvalue weighted by Crippen LogP contribution is 2.47. The maximum absolute atomic E-state index is 17.2. The summed E-state index contributed by atoms with van der Waals surface area (Å²) < 4.78 is 23.8. The third-order valence-corrected chi connectivity index (χ3v) is 18.0. The Morgan fingerprint density at radius 2 is 1.80 bits per heavy atom. The van der Waals surface area contributed by atoms with Gasteiger partial charge in [0, 0.05) is 40.8 Å². The Hall–Kier alpha value is -3.95. The Morgan fingerprint density at radius 1 is 1.06 bits per heavy atom. The van der Waals surface area contributed by atoms with E-state index in [1.54, 1.807) is 17.3 Å². The van der Waals surface area contributed by atoms with Crippen molar-refractivity contribution < 1.29 is 19.0 Å². The van der Waals surface area contributed by atoms with Gasteiger partial charge in [0.05, 0.1) is 18.1 Å². The molecule has 4 unspecified atom stereocenters.